The van der Waals surface area contributed by atoms with Crippen LogP contribution in [0.25, 0.3) is 22.3 Å². The molecule has 0 radical (unpaired) electrons. The van der Waals surface area contributed by atoms with Gasteiger partial charge in [-0.05, 0) is 32.4 Å². The fourth-order valence-corrected chi connectivity index (χ4v) is 3.51. The summed E-state index contributed by atoms with van der Waals surface area (Å²) in [6.45, 7) is 8.58. The molecule has 0 aliphatic carbocycles. The second kappa shape index (κ2) is 7.12. The van der Waals surface area contributed by atoms with Gasteiger partial charge >= 0.3 is 0 Å². The van der Waals surface area contributed by atoms with E-state index in [4.69, 9.17) is 9.72 Å². The maximum absolute atomic E-state index is 13.3. The number of morpholine rings is 1. The molecule has 0 saturated carbocycles. The molecule has 2 aromatic heterocycles. The van der Waals surface area contributed by atoms with Crippen molar-refractivity contribution in [3.05, 3.63) is 47.7 Å². The number of hydrogen-bond acceptors (Lipinski definition) is 4. The lowest BCUT2D eigenvalue weighted by molar-refractivity contribution is 0.0304. The lowest BCUT2D eigenvalue weighted by Gasteiger charge is -2.27. The zero-order valence-corrected chi connectivity index (χ0v) is 16.0. The Labute approximate surface area is 158 Å². The van der Waals surface area contributed by atoms with Crippen LogP contribution in [0.5, 0.6) is 0 Å². The number of hydrogen-bond donors (Lipinski definition) is 0. The summed E-state index contributed by atoms with van der Waals surface area (Å²) < 4.78 is 7.28. The molecule has 27 heavy (non-hydrogen) atoms. The second-order valence-corrected chi connectivity index (χ2v) is 7.19. The number of aryl methyl sites for hydroxylation is 1. The number of amides is 1. The molecule has 1 aliphatic rings. The van der Waals surface area contributed by atoms with Gasteiger partial charge in [0.2, 0.25) is 0 Å². The number of nitrogens with zero attached hydrogens (tertiary/aromatic N) is 4. The van der Waals surface area contributed by atoms with Gasteiger partial charge in [-0.15, -0.1) is 0 Å². The fourth-order valence-electron chi connectivity index (χ4n) is 3.51. The fraction of sp³-hybridized carbons (Fsp3) is 0.381. The van der Waals surface area contributed by atoms with Crippen molar-refractivity contribution in [2.45, 2.75) is 26.8 Å². The standard InChI is InChI=1S/C21H24N4O2/c1-14(2)25-20-18(13-22-25)17(21(26)24-8-10-27-11-9-24)12-19(23-20)16-7-5-4-6-15(16)3/h4-7,12-14H,8-11H2,1-3H3. The van der Waals surface area contributed by atoms with Crippen molar-refractivity contribution in [1.82, 2.24) is 19.7 Å². The molecular weight excluding hydrogens is 340 g/mol. The van der Waals surface area contributed by atoms with E-state index in [2.05, 4.69) is 31.9 Å². The Hall–Kier alpha value is -2.73. The van der Waals surface area contributed by atoms with Crippen LogP contribution in [-0.4, -0.2) is 51.9 Å². The largest absolute Gasteiger partial charge is 0.378 e. The number of pyridine rings is 1. The van der Waals surface area contributed by atoms with Crippen molar-refractivity contribution in [3.63, 3.8) is 0 Å². The summed E-state index contributed by atoms with van der Waals surface area (Å²) in [4.78, 5) is 20.0. The Balaban J connectivity index is 1.91. The third kappa shape index (κ3) is 3.21. The monoisotopic (exact) mass is 364 g/mol. The lowest BCUT2D eigenvalue weighted by Crippen LogP contribution is -2.40. The van der Waals surface area contributed by atoms with Crippen molar-refractivity contribution < 1.29 is 9.53 Å². The topological polar surface area (TPSA) is 60.3 Å². The first-order valence-electron chi connectivity index (χ1n) is 9.37. The van der Waals surface area contributed by atoms with Gasteiger partial charge in [-0.25, -0.2) is 9.67 Å². The van der Waals surface area contributed by atoms with E-state index < -0.39 is 0 Å². The maximum Gasteiger partial charge on any atom is 0.254 e. The van der Waals surface area contributed by atoms with Gasteiger partial charge in [0, 0.05) is 24.7 Å². The van der Waals surface area contributed by atoms with Gasteiger partial charge in [0.15, 0.2) is 5.65 Å². The highest BCUT2D eigenvalue weighted by atomic mass is 16.5. The smallest absolute Gasteiger partial charge is 0.254 e. The number of aromatic nitrogens is 3. The molecule has 3 aromatic rings. The van der Waals surface area contributed by atoms with E-state index in [1.807, 2.05) is 33.8 Å². The van der Waals surface area contributed by atoms with Crippen molar-refractivity contribution in [3.8, 4) is 11.3 Å². The molecule has 1 saturated heterocycles. The molecule has 0 atom stereocenters. The molecule has 4 rings (SSSR count). The van der Waals surface area contributed by atoms with Gasteiger partial charge in [-0.2, -0.15) is 5.10 Å². The average Bonchev–Trinajstić information content (AvgIpc) is 3.12. The number of carbonyl (C=O) groups is 1. The first-order chi connectivity index (χ1) is 13.1. The molecule has 1 aromatic carbocycles. The Morgan fingerprint density at radius 1 is 1.19 bits per heavy atom. The highest BCUT2D eigenvalue weighted by Crippen LogP contribution is 2.29. The van der Waals surface area contributed by atoms with Crippen molar-refractivity contribution in [2.24, 2.45) is 0 Å². The third-order valence-corrected chi connectivity index (χ3v) is 5.01. The van der Waals surface area contributed by atoms with E-state index in [0.29, 0.717) is 31.9 Å². The normalized spacial score (nSPS) is 14.9. The predicted molar refractivity (Wildman–Crippen MR) is 105 cm³/mol. The number of carbonyl (C=O) groups excluding carboxylic acids is 1. The molecule has 3 heterocycles. The van der Waals surface area contributed by atoms with Gasteiger partial charge in [0.25, 0.3) is 5.91 Å². The van der Waals surface area contributed by atoms with Crippen molar-refractivity contribution >= 4 is 16.9 Å². The quantitative estimate of drug-likeness (QED) is 0.714. The molecule has 0 N–H and O–H groups in total. The van der Waals surface area contributed by atoms with Crippen LogP contribution in [0.3, 0.4) is 0 Å². The van der Waals surface area contributed by atoms with Crippen LogP contribution in [0.1, 0.15) is 35.8 Å². The van der Waals surface area contributed by atoms with Crippen LogP contribution in [-0.2, 0) is 4.74 Å². The number of ether oxygens (including phenoxy) is 1. The lowest BCUT2D eigenvalue weighted by atomic mass is 10.0. The Kier molecular flexibility index (Phi) is 4.66. The van der Waals surface area contributed by atoms with E-state index in [1.54, 1.807) is 6.20 Å². The van der Waals surface area contributed by atoms with Crippen LogP contribution >= 0.6 is 0 Å². The summed E-state index contributed by atoms with van der Waals surface area (Å²) in [5, 5.41) is 5.30. The second-order valence-electron chi connectivity index (χ2n) is 7.19. The van der Waals surface area contributed by atoms with Crippen molar-refractivity contribution in [1.29, 1.82) is 0 Å². The average molecular weight is 364 g/mol. The Bertz CT molecular complexity index is 987. The van der Waals surface area contributed by atoms with Crippen LogP contribution in [0, 0.1) is 6.92 Å². The molecule has 0 unspecified atom stereocenters. The van der Waals surface area contributed by atoms with Crippen LogP contribution < -0.4 is 0 Å². The molecule has 0 spiro atoms. The Morgan fingerprint density at radius 2 is 1.93 bits per heavy atom. The first-order valence-corrected chi connectivity index (χ1v) is 9.37. The summed E-state index contributed by atoms with van der Waals surface area (Å²) >= 11 is 0. The number of benzene rings is 1. The van der Waals surface area contributed by atoms with E-state index in [9.17, 15) is 4.79 Å². The molecule has 140 valence electrons. The third-order valence-electron chi connectivity index (χ3n) is 5.01. The zero-order valence-electron chi connectivity index (χ0n) is 16.0. The van der Waals surface area contributed by atoms with Gasteiger partial charge in [-0.1, -0.05) is 24.3 Å². The minimum Gasteiger partial charge on any atom is -0.378 e. The molecular formula is C21H24N4O2. The molecule has 1 amide bonds. The summed E-state index contributed by atoms with van der Waals surface area (Å²) in [5.41, 5.74) is 4.38. The highest BCUT2D eigenvalue weighted by molar-refractivity contribution is 6.06. The minimum atomic E-state index is 0.0174. The van der Waals surface area contributed by atoms with Crippen LogP contribution in [0.4, 0.5) is 0 Å². The minimum absolute atomic E-state index is 0.0174. The molecule has 0 bridgehead atoms. The van der Waals surface area contributed by atoms with Crippen molar-refractivity contribution in [2.75, 3.05) is 26.3 Å². The molecule has 1 fully saturated rings. The van der Waals surface area contributed by atoms with E-state index in [0.717, 1.165) is 27.9 Å². The van der Waals surface area contributed by atoms with E-state index >= 15 is 0 Å². The molecule has 6 heteroatoms. The zero-order chi connectivity index (χ0) is 19.0. The maximum atomic E-state index is 13.3. The van der Waals surface area contributed by atoms with E-state index in [1.165, 1.54) is 0 Å². The van der Waals surface area contributed by atoms with Crippen LogP contribution in [0.2, 0.25) is 0 Å². The predicted octanol–water partition coefficient (Wildman–Crippen LogP) is 3.46. The SMILES string of the molecule is Cc1ccccc1-c1cc(C(=O)N2CCOCC2)c2cnn(C(C)C)c2n1. The van der Waals surface area contributed by atoms with Gasteiger partial charge < -0.3 is 9.64 Å². The Morgan fingerprint density at radius 3 is 2.63 bits per heavy atom. The van der Waals surface area contributed by atoms with E-state index in [-0.39, 0.29) is 11.9 Å². The molecule has 1 aliphatic heterocycles. The van der Waals surface area contributed by atoms with Gasteiger partial charge in [0.1, 0.15) is 0 Å². The summed E-state index contributed by atoms with van der Waals surface area (Å²) in [6, 6.07) is 10.2. The van der Waals surface area contributed by atoms with Gasteiger partial charge in [-0.3, -0.25) is 4.79 Å². The summed E-state index contributed by atoms with van der Waals surface area (Å²) in [5.74, 6) is 0.0174. The summed E-state index contributed by atoms with van der Waals surface area (Å²) in [6.07, 6.45) is 1.76. The van der Waals surface area contributed by atoms with Gasteiger partial charge in [0.05, 0.1) is 36.1 Å². The first kappa shape index (κ1) is 17.7. The summed E-state index contributed by atoms with van der Waals surface area (Å²) in [7, 11) is 0. The van der Waals surface area contributed by atoms with Crippen LogP contribution in [0.15, 0.2) is 36.5 Å². The number of fused-ring (bicyclic) bond motifs is 1. The number of rotatable bonds is 3. The molecule has 6 nitrogen and oxygen atoms in total. The highest BCUT2D eigenvalue weighted by Gasteiger charge is 2.24.